The van der Waals surface area contributed by atoms with Crippen molar-refractivity contribution in [3.63, 3.8) is 0 Å². The molecule has 0 unspecified atom stereocenters. The summed E-state index contributed by atoms with van der Waals surface area (Å²) in [5, 5.41) is 0. The normalized spacial score (nSPS) is 12.1. The summed E-state index contributed by atoms with van der Waals surface area (Å²) in [6.07, 6.45) is 5.56. The number of nitrogens with one attached hydrogen (secondary N) is 2. The molecule has 1 aromatic heterocycles. The van der Waals surface area contributed by atoms with Crippen LogP contribution >= 0.6 is 0 Å². The highest BCUT2D eigenvalue weighted by atomic mass is 32.2. The van der Waals surface area contributed by atoms with Gasteiger partial charge in [-0.25, -0.2) is 12.8 Å². The van der Waals surface area contributed by atoms with Crippen molar-refractivity contribution < 1.29 is 22.3 Å². The number of rotatable bonds is 10. The third-order valence-corrected chi connectivity index (χ3v) is 7.17. The zero-order chi connectivity index (χ0) is 31.4. The van der Waals surface area contributed by atoms with Gasteiger partial charge >= 0.3 is 0 Å². The highest BCUT2D eigenvalue weighted by Crippen LogP contribution is 2.38. The number of hydrogen-bond donors (Lipinski definition) is 2. The highest BCUT2D eigenvalue weighted by Gasteiger charge is 2.23. The van der Waals surface area contributed by atoms with E-state index in [4.69, 9.17) is 4.74 Å². The molecule has 0 bridgehead atoms. The molecule has 0 aliphatic carbocycles. The molecule has 0 spiro atoms. The van der Waals surface area contributed by atoms with Gasteiger partial charge in [-0.05, 0) is 61.0 Å². The fourth-order valence-electron chi connectivity index (χ4n) is 4.39. The molecule has 226 valence electrons. The molecule has 1 heterocycles. The lowest BCUT2D eigenvalue weighted by atomic mass is 9.83. The minimum atomic E-state index is -3.57. The highest BCUT2D eigenvalue weighted by molar-refractivity contribution is 7.92. The van der Waals surface area contributed by atoms with E-state index in [2.05, 4.69) is 9.71 Å². The molecular weight excluding hydrogens is 559 g/mol. The van der Waals surface area contributed by atoms with E-state index in [0.717, 1.165) is 18.0 Å². The van der Waals surface area contributed by atoms with Gasteiger partial charge in [-0.1, -0.05) is 39.0 Å². The van der Waals surface area contributed by atoms with Crippen LogP contribution in [-0.2, 0) is 15.4 Å². The zero-order valence-electron chi connectivity index (χ0n) is 25.3. The van der Waals surface area contributed by atoms with Gasteiger partial charge in [-0.2, -0.15) is 0 Å². The number of nitrogens with zero attached hydrogens (tertiary/aromatic N) is 2. The second-order valence-corrected chi connectivity index (χ2v) is 13.2. The smallest absolute Gasteiger partial charge is 0.256 e. The van der Waals surface area contributed by atoms with E-state index in [0.29, 0.717) is 41.1 Å². The van der Waals surface area contributed by atoms with Gasteiger partial charge in [-0.3, -0.25) is 14.3 Å². The summed E-state index contributed by atoms with van der Waals surface area (Å²) in [5.41, 5.74) is 2.38. The maximum absolute atomic E-state index is 14.1. The molecule has 0 aliphatic rings. The Morgan fingerprint density at radius 2 is 1.71 bits per heavy atom. The van der Waals surface area contributed by atoms with Gasteiger partial charge in [0.15, 0.2) is 0 Å². The number of carbonyl (C=O) groups excluding carboxylic acids is 1. The van der Waals surface area contributed by atoms with E-state index in [9.17, 15) is 22.4 Å². The zero-order valence-corrected chi connectivity index (χ0v) is 26.1. The summed E-state index contributed by atoms with van der Waals surface area (Å²) < 4.78 is 46.1. The van der Waals surface area contributed by atoms with Gasteiger partial charge in [0.25, 0.3) is 11.5 Å². The molecule has 11 heteroatoms. The van der Waals surface area contributed by atoms with Crippen LogP contribution in [0.3, 0.4) is 0 Å². The summed E-state index contributed by atoms with van der Waals surface area (Å²) >= 11 is 0. The van der Waals surface area contributed by atoms with Gasteiger partial charge < -0.3 is 19.5 Å². The quantitative estimate of drug-likeness (QED) is 0.329. The van der Waals surface area contributed by atoms with Crippen molar-refractivity contribution in [2.75, 3.05) is 52.3 Å². The molecule has 1 amide bonds. The van der Waals surface area contributed by atoms with Crippen LogP contribution in [0.25, 0.3) is 23.3 Å². The monoisotopic (exact) mass is 598 g/mol. The first-order valence-electron chi connectivity index (χ1n) is 13.3. The third-order valence-electron chi connectivity index (χ3n) is 6.57. The predicted octanol–water partition coefficient (Wildman–Crippen LogP) is 4.66. The molecule has 2 aromatic carbocycles. The predicted molar refractivity (Wildman–Crippen MR) is 167 cm³/mol. The number of carbonyl (C=O) groups is 1. The fraction of sp³-hybridized carbons (Fsp3) is 0.355. The lowest BCUT2D eigenvalue weighted by Gasteiger charge is -2.25. The molecule has 0 fully saturated rings. The lowest BCUT2D eigenvalue weighted by Crippen LogP contribution is -2.33. The van der Waals surface area contributed by atoms with Gasteiger partial charge in [0.1, 0.15) is 11.6 Å². The minimum Gasteiger partial charge on any atom is -0.496 e. The molecule has 3 rings (SSSR count). The van der Waals surface area contributed by atoms with Crippen molar-refractivity contribution >= 4 is 33.8 Å². The number of aromatic amines is 1. The number of methoxy groups -OCH3 is 1. The van der Waals surface area contributed by atoms with Crippen LogP contribution in [0.1, 0.15) is 47.8 Å². The number of sulfonamides is 1. The number of pyridine rings is 1. The number of benzene rings is 2. The Kier molecular flexibility index (Phi) is 10.0. The topological polar surface area (TPSA) is 112 Å². The molecule has 0 aliphatic heterocycles. The number of hydrogen-bond acceptors (Lipinski definition) is 6. The Labute approximate surface area is 247 Å². The number of halogens is 1. The second-order valence-electron chi connectivity index (χ2n) is 11.5. The van der Waals surface area contributed by atoms with Gasteiger partial charge in [0.05, 0.1) is 13.4 Å². The molecule has 0 atom stereocenters. The van der Waals surface area contributed by atoms with Crippen molar-refractivity contribution in [2.24, 2.45) is 0 Å². The Morgan fingerprint density at radius 1 is 1.05 bits per heavy atom. The molecule has 3 aromatic rings. The average Bonchev–Trinajstić information content (AvgIpc) is 2.89. The first-order chi connectivity index (χ1) is 19.5. The van der Waals surface area contributed by atoms with E-state index in [1.54, 1.807) is 49.4 Å². The summed E-state index contributed by atoms with van der Waals surface area (Å²) in [6.45, 7) is 7.13. The van der Waals surface area contributed by atoms with E-state index < -0.39 is 21.4 Å². The van der Waals surface area contributed by atoms with Crippen LogP contribution in [0, 0.1) is 5.82 Å². The SMILES string of the molecule is COc1c(C=Cc2ccc(NS(C)(=O)=O)cc2C(=O)N(C)CCN(C)C)cc(-c2cc(F)c[nH]c2=O)cc1C(C)(C)C. The van der Waals surface area contributed by atoms with E-state index in [1.165, 1.54) is 12.1 Å². The number of anilines is 1. The van der Waals surface area contributed by atoms with E-state index in [-0.39, 0.29) is 22.6 Å². The maximum atomic E-state index is 14.1. The Balaban J connectivity index is 2.20. The first-order valence-corrected chi connectivity index (χ1v) is 15.2. The summed E-state index contributed by atoms with van der Waals surface area (Å²) in [7, 11) is 3.50. The van der Waals surface area contributed by atoms with Crippen LogP contribution in [0.4, 0.5) is 10.1 Å². The molecular formula is C31H39FN4O5S. The Morgan fingerprint density at radius 3 is 2.31 bits per heavy atom. The van der Waals surface area contributed by atoms with Crippen LogP contribution in [0.15, 0.2) is 47.4 Å². The summed E-state index contributed by atoms with van der Waals surface area (Å²) in [5.74, 6) is -0.281. The molecule has 42 heavy (non-hydrogen) atoms. The van der Waals surface area contributed by atoms with Crippen LogP contribution in [0.5, 0.6) is 5.75 Å². The lowest BCUT2D eigenvalue weighted by molar-refractivity contribution is 0.0786. The van der Waals surface area contributed by atoms with Crippen molar-refractivity contribution in [2.45, 2.75) is 26.2 Å². The van der Waals surface area contributed by atoms with Crippen molar-refractivity contribution in [1.82, 2.24) is 14.8 Å². The van der Waals surface area contributed by atoms with Gasteiger partial charge in [0.2, 0.25) is 10.0 Å². The molecule has 9 nitrogen and oxygen atoms in total. The average molecular weight is 599 g/mol. The fourth-order valence-corrected chi connectivity index (χ4v) is 4.94. The van der Waals surface area contributed by atoms with Crippen molar-refractivity contribution in [3.05, 3.63) is 81.0 Å². The largest absolute Gasteiger partial charge is 0.496 e. The summed E-state index contributed by atoms with van der Waals surface area (Å²) in [6, 6.07) is 9.50. The minimum absolute atomic E-state index is 0.174. The Bertz CT molecular complexity index is 1660. The molecule has 2 N–H and O–H groups in total. The van der Waals surface area contributed by atoms with Gasteiger partial charge in [-0.15, -0.1) is 0 Å². The molecule has 0 saturated carbocycles. The second kappa shape index (κ2) is 12.9. The number of H-pyrrole nitrogens is 1. The van der Waals surface area contributed by atoms with Crippen molar-refractivity contribution in [1.29, 1.82) is 0 Å². The van der Waals surface area contributed by atoms with Crippen LogP contribution < -0.4 is 15.0 Å². The van der Waals surface area contributed by atoms with E-state index in [1.807, 2.05) is 45.8 Å². The maximum Gasteiger partial charge on any atom is 0.256 e. The Hall–Kier alpha value is -3.96. The summed E-state index contributed by atoms with van der Waals surface area (Å²) in [4.78, 5) is 32.1. The van der Waals surface area contributed by atoms with E-state index >= 15 is 0 Å². The van der Waals surface area contributed by atoms with Crippen LogP contribution in [-0.4, -0.2) is 76.7 Å². The number of ether oxygens (including phenoxy) is 1. The first kappa shape index (κ1) is 32.6. The number of likely N-dealkylation sites (N-methyl/N-ethyl adjacent to an activating group) is 2. The number of aromatic nitrogens is 1. The number of amides is 1. The van der Waals surface area contributed by atoms with Gasteiger partial charge in [0, 0.05) is 54.3 Å². The van der Waals surface area contributed by atoms with Crippen molar-refractivity contribution in [3.8, 4) is 16.9 Å². The third kappa shape index (κ3) is 8.29. The van der Waals surface area contributed by atoms with Crippen LogP contribution in [0.2, 0.25) is 0 Å². The standard InChI is InChI=1S/C31H39FN4O5S/c1-31(2,3)27-16-22(25-17-23(32)19-33-29(25)37)15-21(28(27)41-7)10-9-20-11-12-24(34-42(8,39)40)18-26(20)30(38)36(6)14-13-35(4)5/h9-12,15-19,34H,13-14H2,1-8H3,(H,33,37). The molecule has 0 saturated heterocycles. The molecule has 0 radical (unpaired) electrons.